The van der Waals surface area contributed by atoms with Crippen LogP contribution in [0.1, 0.15) is 56.0 Å². The Kier molecular flexibility index (Phi) is 4.99. The molecule has 2 aromatic rings. The Labute approximate surface area is 138 Å². The van der Waals surface area contributed by atoms with Crippen molar-refractivity contribution in [3.8, 4) is 0 Å². The van der Waals surface area contributed by atoms with Crippen molar-refractivity contribution in [3.05, 3.63) is 52.0 Å². The molecule has 1 saturated carbocycles. The highest BCUT2D eigenvalue weighted by Crippen LogP contribution is 2.32. The summed E-state index contributed by atoms with van der Waals surface area (Å²) in [6, 6.07) is 4.08. The van der Waals surface area contributed by atoms with Crippen LogP contribution in [0.3, 0.4) is 0 Å². The molecule has 0 atom stereocenters. The molecule has 1 aliphatic rings. The van der Waals surface area contributed by atoms with Gasteiger partial charge in [0.2, 0.25) is 0 Å². The van der Waals surface area contributed by atoms with Crippen LogP contribution in [0.4, 0.5) is 0 Å². The van der Waals surface area contributed by atoms with Crippen molar-refractivity contribution in [1.82, 2.24) is 14.1 Å². The Morgan fingerprint density at radius 2 is 2.13 bits per heavy atom. The van der Waals surface area contributed by atoms with E-state index in [1.165, 1.54) is 12.8 Å². The third-order valence-electron chi connectivity index (χ3n) is 4.70. The van der Waals surface area contributed by atoms with E-state index in [-0.39, 0.29) is 5.69 Å². The van der Waals surface area contributed by atoms with Crippen LogP contribution in [0.2, 0.25) is 0 Å². The molecule has 0 aromatic carbocycles. The minimum Gasteiger partial charge on any atom is -0.299 e. The number of aromatic nitrogens is 3. The van der Waals surface area contributed by atoms with Crippen molar-refractivity contribution in [1.29, 1.82) is 0 Å². The Balaban J connectivity index is 1.82. The zero-order chi connectivity index (χ0) is 16.2. The summed E-state index contributed by atoms with van der Waals surface area (Å²) in [5.41, 5.74) is 3.40. The fourth-order valence-corrected chi connectivity index (χ4v) is 2.97. The lowest BCUT2D eigenvalue weighted by Crippen LogP contribution is -2.26. The number of pyridine rings is 1. The standard InChI is InChI=1S/C19H27N3O/c1-3-4-5-18-14-21(11-10-16-8-9-16)19(23)22(18)13-17-7-6-15(2)20-12-17/h6-7,12,14,16H,3-5,8-11,13H2,1-2H3. The van der Waals surface area contributed by atoms with Crippen LogP contribution in [0.15, 0.2) is 29.3 Å². The Morgan fingerprint density at radius 1 is 1.30 bits per heavy atom. The fourth-order valence-electron chi connectivity index (χ4n) is 2.97. The predicted molar refractivity (Wildman–Crippen MR) is 92.7 cm³/mol. The Hall–Kier alpha value is -1.84. The molecule has 0 radical (unpaired) electrons. The van der Waals surface area contributed by atoms with Gasteiger partial charge in [0, 0.05) is 30.3 Å². The average Bonchev–Trinajstić information content (AvgIpc) is 3.33. The molecule has 0 bridgehead atoms. The highest BCUT2D eigenvalue weighted by molar-refractivity contribution is 5.15. The van der Waals surface area contributed by atoms with Gasteiger partial charge in [-0.1, -0.05) is 32.3 Å². The third kappa shape index (κ3) is 4.12. The van der Waals surface area contributed by atoms with Crippen molar-refractivity contribution in [2.75, 3.05) is 0 Å². The first-order valence-corrected chi connectivity index (χ1v) is 8.87. The van der Waals surface area contributed by atoms with Gasteiger partial charge < -0.3 is 0 Å². The summed E-state index contributed by atoms with van der Waals surface area (Å²) in [5, 5.41) is 0. The van der Waals surface area contributed by atoms with Gasteiger partial charge in [0.25, 0.3) is 0 Å². The minimum absolute atomic E-state index is 0.136. The maximum Gasteiger partial charge on any atom is 0.328 e. The number of aryl methyl sites for hydroxylation is 3. The molecule has 0 unspecified atom stereocenters. The van der Waals surface area contributed by atoms with E-state index in [9.17, 15) is 4.79 Å². The maximum absolute atomic E-state index is 12.8. The van der Waals surface area contributed by atoms with Crippen molar-refractivity contribution in [2.24, 2.45) is 5.92 Å². The van der Waals surface area contributed by atoms with E-state index in [1.807, 2.05) is 28.3 Å². The van der Waals surface area contributed by atoms with Crippen molar-refractivity contribution in [3.63, 3.8) is 0 Å². The highest BCUT2D eigenvalue weighted by atomic mass is 16.1. The highest BCUT2D eigenvalue weighted by Gasteiger charge is 2.21. The molecule has 1 fully saturated rings. The van der Waals surface area contributed by atoms with Gasteiger partial charge in [0.1, 0.15) is 0 Å². The molecule has 4 heteroatoms. The minimum atomic E-state index is 0.136. The predicted octanol–water partition coefficient (Wildman–Crippen LogP) is 3.54. The molecule has 1 aliphatic carbocycles. The van der Waals surface area contributed by atoms with Gasteiger partial charge in [-0.2, -0.15) is 0 Å². The molecule has 0 saturated heterocycles. The van der Waals surface area contributed by atoms with Gasteiger partial charge in [-0.25, -0.2) is 4.79 Å². The van der Waals surface area contributed by atoms with Crippen molar-refractivity contribution >= 4 is 0 Å². The van der Waals surface area contributed by atoms with E-state index >= 15 is 0 Å². The van der Waals surface area contributed by atoms with E-state index in [0.29, 0.717) is 6.54 Å². The first-order chi connectivity index (χ1) is 11.2. The van der Waals surface area contributed by atoms with E-state index in [0.717, 1.165) is 55.1 Å². The van der Waals surface area contributed by atoms with Gasteiger partial charge >= 0.3 is 5.69 Å². The third-order valence-corrected chi connectivity index (χ3v) is 4.70. The van der Waals surface area contributed by atoms with Gasteiger partial charge in [-0.05, 0) is 43.7 Å². The first kappa shape index (κ1) is 16.0. The number of imidazole rings is 1. The summed E-state index contributed by atoms with van der Waals surface area (Å²) in [7, 11) is 0. The summed E-state index contributed by atoms with van der Waals surface area (Å²) in [4.78, 5) is 17.1. The van der Waals surface area contributed by atoms with Crippen LogP contribution >= 0.6 is 0 Å². The van der Waals surface area contributed by atoms with Crippen LogP contribution in [-0.4, -0.2) is 14.1 Å². The molecule has 23 heavy (non-hydrogen) atoms. The Bertz CT molecular complexity index is 692. The van der Waals surface area contributed by atoms with Gasteiger partial charge in [0.15, 0.2) is 0 Å². The molecule has 2 heterocycles. The van der Waals surface area contributed by atoms with E-state index in [1.54, 1.807) is 0 Å². The van der Waals surface area contributed by atoms with Gasteiger partial charge in [0.05, 0.1) is 6.54 Å². The molecule has 124 valence electrons. The normalized spacial score (nSPS) is 14.3. The molecule has 0 N–H and O–H groups in total. The molecule has 3 rings (SSSR count). The van der Waals surface area contributed by atoms with Gasteiger partial charge in [-0.15, -0.1) is 0 Å². The smallest absolute Gasteiger partial charge is 0.299 e. The van der Waals surface area contributed by atoms with E-state index in [4.69, 9.17) is 0 Å². The molecular weight excluding hydrogens is 286 g/mol. The van der Waals surface area contributed by atoms with E-state index in [2.05, 4.69) is 24.2 Å². The van der Waals surface area contributed by atoms with Crippen LogP contribution in [-0.2, 0) is 19.5 Å². The number of rotatable bonds is 8. The summed E-state index contributed by atoms with van der Waals surface area (Å²) < 4.78 is 3.86. The van der Waals surface area contributed by atoms with Crippen molar-refractivity contribution in [2.45, 2.75) is 65.5 Å². The van der Waals surface area contributed by atoms with Crippen LogP contribution in [0.25, 0.3) is 0 Å². The zero-order valence-corrected chi connectivity index (χ0v) is 14.3. The van der Waals surface area contributed by atoms with Crippen molar-refractivity contribution < 1.29 is 0 Å². The first-order valence-electron chi connectivity index (χ1n) is 8.87. The number of hydrogen-bond donors (Lipinski definition) is 0. The van der Waals surface area contributed by atoms with Gasteiger partial charge in [-0.3, -0.25) is 14.1 Å². The van der Waals surface area contributed by atoms with Crippen LogP contribution < -0.4 is 5.69 Å². The molecular formula is C19H27N3O. The fraction of sp³-hybridized carbons (Fsp3) is 0.579. The molecule has 2 aromatic heterocycles. The second-order valence-electron chi connectivity index (χ2n) is 6.83. The molecule has 0 spiro atoms. The summed E-state index contributed by atoms with van der Waals surface area (Å²) >= 11 is 0. The Morgan fingerprint density at radius 3 is 2.78 bits per heavy atom. The maximum atomic E-state index is 12.8. The zero-order valence-electron chi connectivity index (χ0n) is 14.3. The lowest BCUT2D eigenvalue weighted by Gasteiger charge is -2.07. The topological polar surface area (TPSA) is 39.8 Å². The lowest BCUT2D eigenvalue weighted by molar-refractivity contribution is 0.567. The average molecular weight is 313 g/mol. The number of unbranched alkanes of at least 4 members (excludes halogenated alkanes) is 1. The largest absolute Gasteiger partial charge is 0.328 e. The summed E-state index contributed by atoms with van der Waals surface area (Å²) in [6.07, 6.45) is 11.0. The lowest BCUT2D eigenvalue weighted by atomic mass is 10.2. The van der Waals surface area contributed by atoms with Crippen LogP contribution in [0, 0.1) is 12.8 Å². The second kappa shape index (κ2) is 7.16. The summed E-state index contributed by atoms with van der Waals surface area (Å²) in [6.45, 7) is 5.66. The molecule has 4 nitrogen and oxygen atoms in total. The molecule has 0 aliphatic heterocycles. The van der Waals surface area contributed by atoms with E-state index < -0.39 is 0 Å². The number of hydrogen-bond acceptors (Lipinski definition) is 2. The monoisotopic (exact) mass is 313 g/mol. The summed E-state index contributed by atoms with van der Waals surface area (Å²) in [5.74, 6) is 0.852. The molecule has 0 amide bonds. The quantitative estimate of drug-likeness (QED) is 0.748. The second-order valence-corrected chi connectivity index (χ2v) is 6.83. The van der Waals surface area contributed by atoms with Crippen LogP contribution in [0.5, 0.6) is 0 Å². The number of nitrogens with zero attached hydrogens (tertiary/aromatic N) is 3. The SMILES string of the molecule is CCCCc1cn(CCC2CC2)c(=O)n1Cc1ccc(C)nc1.